The van der Waals surface area contributed by atoms with E-state index in [9.17, 15) is 4.79 Å². The van der Waals surface area contributed by atoms with Gasteiger partial charge in [-0.1, -0.05) is 0 Å². The van der Waals surface area contributed by atoms with Gasteiger partial charge in [-0.05, 0) is 67.6 Å². The quantitative estimate of drug-likeness (QED) is 0.674. The van der Waals surface area contributed by atoms with Crippen LogP contribution in [0.4, 0.5) is 10.5 Å². The molecule has 150 valence electrons. The topological polar surface area (TPSA) is 48.9 Å². The number of anilines is 1. The predicted molar refractivity (Wildman–Crippen MR) is 111 cm³/mol. The smallest absolute Gasteiger partial charge is 0.410 e. The number of hydrogen-bond donors (Lipinski definition) is 0. The summed E-state index contributed by atoms with van der Waals surface area (Å²) in [6, 6.07) is 4.18. The molecule has 27 heavy (non-hydrogen) atoms. The third-order valence-electron chi connectivity index (χ3n) is 5.23. The first-order chi connectivity index (χ1) is 12.8. The normalized spacial score (nSPS) is 20.0. The second-order valence-electron chi connectivity index (χ2n) is 8.54. The van der Waals surface area contributed by atoms with Gasteiger partial charge in [0.25, 0.3) is 0 Å². The molecule has 0 saturated carbocycles. The molecule has 0 radical (unpaired) electrons. The Hall–Kier alpha value is -1.34. The van der Waals surface area contributed by atoms with Crippen molar-refractivity contribution in [2.24, 2.45) is 5.92 Å². The molecule has 3 rings (SSSR count). The summed E-state index contributed by atoms with van der Waals surface area (Å²) < 4.78 is 6.37. The van der Waals surface area contributed by atoms with Gasteiger partial charge in [-0.15, -0.1) is 0 Å². The molecule has 1 aromatic heterocycles. The number of rotatable bonds is 3. The molecule has 7 heteroatoms. The highest BCUT2D eigenvalue weighted by atomic mass is 79.9. The van der Waals surface area contributed by atoms with Gasteiger partial charge in [0.1, 0.15) is 10.2 Å². The number of hydrogen-bond acceptors (Lipinski definition) is 5. The van der Waals surface area contributed by atoms with E-state index in [0.717, 1.165) is 56.3 Å². The highest BCUT2D eigenvalue weighted by molar-refractivity contribution is 9.10. The fourth-order valence-corrected chi connectivity index (χ4v) is 4.12. The van der Waals surface area contributed by atoms with Crippen LogP contribution in [-0.4, -0.2) is 72.3 Å². The second kappa shape index (κ2) is 8.78. The zero-order chi connectivity index (χ0) is 19.4. The minimum absolute atomic E-state index is 0.182. The fraction of sp³-hybridized carbons (Fsp3) is 0.700. The van der Waals surface area contributed by atoms with E-state index in [1.807, 2.05) is 31.9 Å². The number of piperazine rings is 1. The molecule has 2 saturated heterocycles. The average Bonchev–Trinajstić information content (AvgIpc) is 2.61. The number of pyridine rings is 1. The van der Waals surface area contributed by atoms with Gasteiger partial charge in [-0.25, -0.2) is 9.78 Å². The third kappa shape index (κ3) is 6.07. The van der Waals surface area contributed by atoms with Crippen LogP contribution < -0.4 is 4.90 Å². The molecule has 2 aliphatic heterocycles. The molecule has 0 atom stereocenters. The number of ether oxygens (including phenoxy) is 1. The second-order valence-corrected chi connectivity index (χ2v) is 9.35. The van der Waals surface area contributed by atoms with Crippen LogP contribution in [0.1, 0.15) is 33.6 Å². The number of aromatic nitrogens is 1. The zero-order valence-corrected chi connectivity index (χ0v) is 18.2. The number of piperidine rings is 1. The molecule has 2 fully saturated rings. The Kier molecular flexibility index (Phi) is 6.63. The summed E-state index contributed by atoms with van der Waals surface area (Å²) in [5.41, 5.74) is 0.827. The SMILES string of the molecule is CC(C)(C)OC(=O)N1CCN(CC2CCN(c3ccnc(Br)c3)CC2)CC1. The van der Waals surface area contributed by atoms with Crippen LogP contribution in [0.25, 0.3) is 0 Å². The average molecular weight is 439 g/mol. The van der Waals surface area contributed by atoms with Crippen molar-refractivity contribution in [1.29, 1.82) is 0 Å². The summed E-state index contributed by atoms with van der Waals surface area (Å²) in [4.78, 5) is 23.2. The van der Waals surface area contributed by atoms with Crippen molar-refractivity contribution in [3.05, 3.63) is 22.9 Å². The lowest BCUT2D eigenvalue weighted by Gasteiger charge is -2.39. The number of carbonyl (C=O) groups is 1. The standard InChI is InChI=1S/C20H31BrN4O2/c1-20(2,3)27-19(26)25-12-10-23(11-13-25)15-16-5-8-24(9-6-16)17-4-7-22-18(21)14-17/h4,7,14,16H,5-6,8-13,15H2,1-3H3. The van der Waals surface area contributed by atoms with Crippen molar-refractivity contribution in [3.63, 3.8) is 0 Å². The largest absolute Gasteiger partial charge is 0.444 e. The van der Waals surface area contributed by atoms with Gasteiger partial charge in [-0.3, -0.25) is 4.90 Å². The van der Waals surface area contributed by atoms with Crippen molar-refractivity contribution in [2.45, 2.75) is 39.2 Å². The first kappa shape index (κ1) is 20.4. The van der Waals surface area contributed by atoms with Crippen LogP contribution in [0.2, 0.25) is 0 Å². The van der Waals surface area contributed by atoms with Gasteiger partial charge >= 0.3 is 6.09 Å². The summed E-state index contributed by atoms with van der Waals surface area (Å²) in [6.07, 6.45) is 4.10. The maximum Gasteiger partial charge on any atom is 0.410 e. The zero-order valence-electron chi connectivity index (χ0n) is 16.7. The van der Waals surface area contributed by atoms with E-state index in [-0.39, 0.29) is 6.09 Å². The first-order valence-corrected chi connectivity index (χ1v) is 10.7. The Morgan fingerprint density at radius 3 is 2.44 bits per heavy atom. The Morgan fingerprint density at radius 1 is 1.19 bits per heavy atom. The van der Waals surface area contributed by atoms with E-state index >= 15 is 0 Å². The van der Waals surface area contributed by atoms with Gasteiger partial charge in [0.05, 0.1) is 0 Å². The molecular weight excluding hydrogens is 408 g/mol. The van der Waals surface area contributed by atoms with E-state index < -0.39 is 5.60 Å². The van der Waals surface area contributed by atoms with Crippen LogP contribution in [-0.2, 0) is 4.74 Å². The molecule has 0 aliphatic carbocycles. The molecule has 1 aromatic rings. The molecular formula is C20H31BrN4O2. The van der Waals surface area contributed by atoms with Crippen LogP contribution in [0.15, 0.2) is 22.9 Å². The van der Waals surface area contributed by atoms with E-state index in [2.05, 4.69) is 42.8 Å². The van der Waals surface area contributed by atoms with E-state index in [0.29, 0.717) is 0 Å². The lowest BCUT2D eigenvalue weighted by Crippen LogP contribution is -2.51. The number of nitrogens with zero attached hydrogens (tertiary/aromatic N) is 4. The van der Waals surface area contributed by atoms with Crippen LogP contribution in [0, 0.1) is 5.92 Å². The minimum atomic E-state index is -0.424. The molecule has 0 spiro atoms. The van der Waals surface area contributed by atoms with E-state index in [1.54, 1.807) is 0 Å². The summed E-state index contributed by atoms with van der Waals surface area (Å²) >= 11 is 3.46. The highest BCUT2D eigenvalue weighted by Gasteiger charge is 2.28. The molecule has 3 heterocycles. The fourth-order valence-electron chi connectivity index (χ4n) is 3.77. The Balaban J connectivity index is 1.40. The Labute approximate surface area is 171 Å². The maximum absolute atomic E-state index is 12.2. The van der Waals surface area contributed by atoms with Crippen molar-refractivity contribution >= 4 is 27.7 Å². The first-order valence-electron chi connectivity index (χ1n) is 9.87. The van der Waals surface area contributed by atoms with Crippen molar-refractivity contribution < 1.29 is 9.53 Å². The van der Waals surface area contributed by atoms with Crippen LogP contribution in [0.5, 0.6) is 0 Å². The van der Waals surface area contributed by atoms with Crippen molar-refractivity contribution in [1.82, 2.24) is 14.8 Å². The van der Waals surface area contributed by atoms with Crippen molar-refractivity contribution in [2.75, 3.05) is 50.7 Å². The monoisotopic (exact) mass is 438 g/mol. The number of halogens is 1. The summed E-state index contributed by atoms with van der Waals surface area (Å²) in [7, 11) is 0. The summed E-state index contributed by atoms with van der Waals surface area (Å²) in [6.45, 7) is 12.5. The maximum atomic E-state index is 12.2. The lowest BCUT2D eigenvalue weighted by molar-refractivity contribution is 0.0130. The van der Waals surface area contributed by atoms with Gasteiger partial charge < -0.3 is 14.5 Å². The predicted octanol–water partition coefficient (Wildman–Crippen LogP) is 3.61. The molecule has 0 aromatic carbocycles. The van der Waals surface area contributed by atoms with Crippen LogP contribution in [0.3, 0.4) is 0 Å². The third-order valence-corrected chi connectivity index (χ3v) is 5.66. The summed E-state index contributed by atoms with van der Waals surface area (Å²) in [5.74, 6) is 0.736. The van der Waals surface area contributed by atoms with E-state index in [1.165, 1.54) is 18.5 Å². The molecule has 2 aliphatic rings. The number of carbonyl (C=O) groups excluding carboxylic acids is 1. The molecule has 0 N–H and O–H groups in total. The molecule has 0 unspecified atom stereocenters. The summed E-state index contributed by atoms with van der Waals surface area (Å²) in [5, 5.41) is 0. The Bertz CT molecular complexity index is 633. The number of amides is 1. The van der Waals surface area contributed by atoms with Gasteiger partial charge in [0, 0.05) is 57.7 Å². The Morgan fingerprint density at radius 2 is 1.85 bits per heavy atom. The van der Waals surface area contributed by atoms with Gasteiger partial charge in [0.15, 0.2) is 0 Å². The lowest BCUT2D eigenvalue weighted by atomic mass is 9.95. The molecule has 0 bridgehead atoms. The van der Waals surface area contributed by atoms with Crippen molar-refractivity contribution in [3.8, 4) is 0 Å². The molecule has 1 amide bonds. The molecule has 6 nitrogen and oxygen atoms in total. The van der Waals surface area contributed by atoms with E-state index in [4.69, 9.17) is 4.74 Å². The van der Waals surface area contributed by atoms with Gasteiger partial charge in [0.2, 0.25) is 0 Å². The highest BCUT2D eigenvalue weighted by Crippen LogP contribution is 2.25. The van der Waals surface area contributed by atoms with Crippen LogP contribution >= 0.6 is 15.9 Å². The minimum Gasteiger partial charge on any atom is -0.444 e. The van der Waals surface area contributed by atoms with Gasteiger partial charge in [-0.2, -0.15) is 0 Å².